The van der Waals surface area contributed by atoms with E-state index < -0.39 is 15.6 Å². The maximum atomic E-state index is 11.3. The van der Waals surface area contributed by atoms with Gasteiger partial charge in [0.25, 0.3) is 0 Å². The molecule has 1 aliphatic rings. The molecule has 6 nitrogen and oxygen atoms in total. The summed E-state index contributed by atoms with van der Waals surface area (Å²) < 4.78 is 27.7. The molecule has 1 aromatic heterocycles. The van der Waals surface area contributed by atoms with E-state index in [0.29, 0.717) is 17.2 Å². The number of H-pyrrole nitrogens is 1. The van der Waals surface area contributed by atoms with Crippen molar-refractivity contribution in [2.45, 2.75) is 44.7 Å². The predicted molar refractivity (Wildman–Crippen MR) is 71.4 cm³/mol. The van der Waals surface area contributed by atoms with Gasteiger partial charge in [-0.15, -0.1) is 0 Å². The van der Waals surface area contributed by atoms with Gasteiger partial charge in [0.1, 0.15) is 5.82 Å². The summed E-state index contributed by atoms with van der Waals surface area (Å²) in [6, 6.07) is 0. The van der Waals surface area contributed by atoms with Gasteiger partial charge < -0.3 is 4.57 Å². The van der Waals surface area contributed by atoms with Crippen LogP contribution in [-0.2, 0) is 16.6 Å². The lowest BCUT2D eigenvalue weighted by Crippen LogP contribution is -2.46. The zero-order valence-electron chi connectivity index (χ0n) is 10.7. The molecule has 0 spiro atoms. The fourth-order valence-corrected chi connectivity index (χ4v) is 3.34. The number of nitrogens with zero attached hydrogens (tertiary/aromatic N) is 2. The molecular formula is C10H18N4O2S2. The summed E-state index contributed by atoms with van der Waals surface area (Å²) in [6.45, 7) is 4.14. The Morgan fingerprint density at radius 1 is 1.56 bits per heavy atom. The van der Waals surface area contributed by atoms with E-state index >= 15 is 0 Å². The minimum atomic E-state index is -3.24. The third-order valence-electron chi connectivity index (χ3n) is 2.75. The van der Waals surface area contributed by atoms with Gasteiger partial charge in [-0.3, -0.25) is 5.10 Å². The summed E-state index contributed by atoms with van der Waals surface area (Å²) in [6.07, 6.45) is 3.41. The molecule has 8 heteroatoms. The minimum absolute atomic E-state index is 0.465. The number of nitrogens with one attached hydrogen (secondary N) is 2. The van der Waals surface area contributed by atoms with Gasteiger partial charge in [0.15, 0.2) is 4.77 Å². The van der Waals surface area contributed by atoms with Gasteiger partial charge in [-0.1, -0.05) is 0 Å². The molecule has 0 aliphatic heterocycles. The molecule has 0 saturated heterocycles. The third kappa shape index (κ3) is 3.39. The van der Waals surface area contributed by atoms with Crippen LogP contribution in [0.25, 0.3) is 0 Å². The van der Waals surface area contributed by atoms with Crippen LogP contribution in [0.4, 0.5) is 0 Å². The fourth-order valence-electron chi connectivity index (χ4n) is 2.07. The first-order chi connectivity index (χ1) is 8.18. The largest absolute Gasteiger partial charge is 0.302 e. The Labute approximate surface area is 112 Å². The molecule has 2 rings (SSSR count). The topological polar surface area (TPSA) is 79.8 Å². The maximum Gasteiger partial charge on any atom is 0.209 e. The van der Waals surface area contributed by atoms with Crippen molar-refractivity contribution in [3.8, 4) is 0 Å². The van der Waals surface area contributed by atoms with Crippen LogP contribution in [0.1, 0.15) is 38.4 Å². The number of aromatic amines is 1. The van der Waals surface area contributed by atoms with Gasteiger partial charge in [-0.05, 0) is 38.9 Å². The van der Waals surface area contributed by atoms with E-state index in [2.05, 4.69) is 14.9 Å². The van der Waals surface area contributed by atoms with Gasteiger partial charge in [0.2, 0.25) is 10.0 Å². The van der Waals surface area contributed by atoms with Crippen molar-refractivity contribution < 1.29 is 8.42 Å². The highest BCUT2D eigenvalue weighted by molar-refractivity contribution is 7.88. The summed E-state index contributed by atoms with van der Waals surface area (Å²) in [4.78, 5) is 0. The van der Waals surface area contributed by atoms with Crippen LogP contribution < -0.4 is 4.72 Å². The normalized spacial score (nSPS) is 17.1. The van der Waals surface area contributed by atoms with Crippen molar-refractivity contribution >= 4 is 22.2 Å². The molecule has 102 valence electrons. The summed E-state index contributed by atoms with van der Waals surface area (Å²) in [5.41, 5.74) is -0.598. The smallest absolute Gasteiger partial charge is 0.209 e. The van der Waals surface area contributed by atoms with Crippen molar-refractivity contribution in [3.05, 3.63) is 10.6 Å². The van der Waals surface area contributed by atoms with Crippen molar-refractivity contribution in [1.82, 2.24) is 19.5 Å². The number of hydrogen-bond donors (Lipinski definition) is 2. The number of rotatable bonds is 5. The van der Waals surface area contributed by atoms with Gasteiger partial charge in [-0.2, -0.15) is 5.10 Å². The van der Waals surface area contributed by atoms with E-state index in [1.165, 1.54) is 0 Å². The lowest BCUT2D eigenvalue weighted by Gasteiger charge is -2.26. The monoisotopic (exact) mass is 290 g/mol. The first-order valence-corrected chi connectivity index (χ1v) is 8.12. The number of hydrogen-bond acceptors (Lipinski definition) is 4. The Kier molecular flexibility index (Phi) is 3.37. The lowest BCUT2D eigenvalue weighted by molar-refractivity contribution is 0.382. The van der Waals surface area contributed by atoms with E-state index in [9.17, 15) is 8.42 Å². The number of sulfonamides is 1. The summed E-state index contributed by atoms with van der Waals surface area (Å²) in [5.74, 6) is 1.40. The molecule has 1 heterocycles. The van der Waals surface area contributed by atoms with Gasteiger partial charge in [-0.25, -0.2) is 13.1 Å². The highest BCUT2D eigenvalue weighted by Gasteiger charge is 2.31. The highest BCUT2D eigenvalue weighted by Crippen LogP contribution is 2.39. The fraction of sp³-hybridized carbons (Fsp3) is 0.800. The Morgan fingerprint density at radius 3 is 2.67 bits per heavy atom. The summed E-state index contributed by atoms with van der Waals surface area (Å²) in [7, 11) is -3.24. The summed E-state index contributed by atoms with van der Waals surface area (Å²) >= 11 is 5.20. The SMILES string of the molecule is CC(C)(Cn1c(C2CC2)n[nH]c1=S)NS(C)(=O)=O. The first kappa shape index (κ1) is 13.7. The molecule has 18 heavy (non-hydrogen) atoms. The van der Waals surface area contributed by atoms with E-state index in [4.69, 9.17) is 12.2 Å². The molecule has 1 fully saturated rings. The van der Waals surface area contributed by atoms with Crippen LogP contribution in [0.15, 0.2) is 0 Å². The average Bonchev–Trinajstić information content (AvgIpc) is 2.91. The standard InChI is InChI=1S/C10H18N4O2S2/c1-10(2,13-18(3,15)16)6-14-8(7-4-5-7)11-12-9(14)17/h7,13H,4-6H2,1-3H3,(H,12,17). The van der Waals surface area contributed by atoms with E-state index in [-0.39, 0.29) is 0 Å². The van der Waals surface area contributed by atoms with Gasteiger partial charge in [0.05, 0.1) is 6.26 Å². The molecule has 1 saturated carbocycles. The minimum Gasteiger partial charge on any atom is -0.302 e. The Bertz CT molecular complexity index is 596. The molecular weight excluding hydrogens is 272 g/mol. The molecule has 0 radical (unpaired) electrons. The lowest BCUT2D eigenvalue weighted by atomic mass is 10.1. The highest BCUT2D eigenvalue weighted by atomic mass is 32.2. The van der Waals surface area contributed by atoms with Crippen molar-refractivity contribution in [2.24, 2.45) is 0 Å². The molecule has 0 bridgehead atoms. The molecule has 1 aliphatic carbocycles. The maximum absolute atomic E-state index is 11.3. The van der Waals surface area contributed by atoms with Crippen LogP contribution in [0.5, 0.6) is 0 Å². The van der Waals surface area contributed by atoms with Crippen LogP contribution in [0, 0.1) is 4.77 Å². The van der Waals surface area contributed by atoms with Crippen molar-refractivity contribution in [1.29, 1.82) is 0 Å². The molecule has 2 N–H and O–H groups in total. The zero-order chi connectivity index (χ0) is 13.6. The van der Waals surface area contributed by atoms with E-state index in [1.807, 2.05) is 18.4 Å². The van der Waals surface area contributed by atoms with Crippen molar-refractivity contribution in [2.75, 3.05) is 6.26 Å². The molecule has 0 aromatic carbocycles. The zero-order valence-corrected chi connectivity index (χ0v) is 12.4. The molecule has 0 atom stereocenters. The van der Waals surface area contributed by atoms with Crippen LogP contribution >= 0.6 is 12.2 Å². The Balaban J connectivity index is 2.23. The average molecular weight is 290 g/mol. The Morgan fingerprint density at radius 2 is 2.17 bits per heavy atom. The van der Waals surface area contributed by atoms with Crippen molar-refractivity contribution in [3.63, 3.8) is 0 Å². The first-order valence-electron chi connectivity index (χ1n) is 5.82. The number of aromatic nitrogens is 3. The molecule has 1 aromatic rings. The van der Waals surface area contributed by atoms with Gasteiger partial charge >= 0.3 is 0 Å². The second-order valence-corrected chi connectivity index (χ2v) is 7.64. The van der Waals surface area contributed by atoms with Crippen LogP contribution in [-0.4, -0.2) is 35.0 Å². The second-order valence-electron chi connectivity index (χ2n) is 5.51. The quantitative estimate of drug-likeness (QED) is 0.797. The molecule has 0 amide bonds. The van der Waals surface area contributed by atoms with Crippen LogP contribution in [0.3, 0.4) is 0 Å². The van der Waals surface area contributed by atoms with Crippen LogP contribution in [0.2, 0.25) is 0 Å². The predicted octanol–water partition coefficient (Wildman–Crippen LogP) is 1.15. The van der Waals surface area contributed by atoms with E-state index in [0.717, 1.165) is 24.9 Å². The third-order valence-corrected chi connectivity index (χ3v) is 3.98. The molecule has 0 unspecified atom stereocenters. The van der Waals surface area contributed by atoms with Gasteiger partial charge in [0, 0.05) is 18.0 Å². The van der Waals surface area contributed by atoms with E-state index in [1.54, 1.807) is 0 Å². The second kappa shape index (κ2) is 4.43. The Hall–Kier alpha value is -0.730. The summed E-state index contributed by atoms with van der Waals surface area (Å²) in [5, 5.41) is 7.01.